The Hall–Kier alpha value is -3.47. The van der Waals surface area contributed by atoms with Gasteiger partial charge in [0.05, 0.1) is 12.2 Å². The van der Waals surface area contributed by atoms with Crippen LogP contribution in [0.15, 0.2) is 78.9 Å². The van der Waals surface area contributed by atoms with Gasteiger partial charge in [-0.3, -0.25) is 0 Å². The average Bonchev–Trinajstić information content (AvgIpc) is 2.68. The smallest absolute Gasteiger partial charge is 0.319 e. The second-order valence-corrected chi connectivity index (χ2v) is 5.96. The van der Waals surface area contributed by atoms with Gasteiger partial charge >= 0.3 is 6.03 Å². The number of nitrogens with one attached hydrogen (secondary N) is 2. The highest BCUT2D eigenvalue weighted by molar-refractivity contribution is 5.90. The predicted molar refractivity (Wildman–Crippen MR) is 107 cm³/mol. The topological polar surface area (TPSA) is 59.6 Å². The predicted octanol–water partition coefficient (Wildman–Crippen LogP) is 4.99. The molecule has 0 fully saturated rings. The SMILES string of the molecule is Cc1cccc(OCCNC(=O)Nc2ccccc2Oc2ccccc2)c1. The summed E-state index contributed by atoms with van der Waals surface area (Å²) in [7, 11) is 0. The molecule has 138 valence electrons. The van der Waals surface area contributed by atoms with Crippen molar-refractivity contribution in [2.45, 2.75) is 6.92 Å². The van der Waals surface area contributed by atoms with Gasteiger partial charge in [-0.05, 0) is 48.9 Å². The first-order valence-electron chi connectivity index (χ1n) is 8.77. The summed E-state index contributed by atoms with van der Waals surface area (Å²) >= 11 is 0. The number of aryl methyl sites for hydroxylation is 1. The van der Waals surface area contributed by atoms with Gasteiger partial charge in [-0.25, -0.2) is 4.79 Å². The first-order valence-corrected chi connectivity index (χ1v) is 8.77. The molecule has 0 atom stereocenters. The second-order valence-electron chi connectivity index (χ2n) is 5.96. The van der Waals surface area contributed by atoms with Crippen LogP contribution in [0.25, 0.3) is 0 Å². The monoisotopic (exact) mass is 362 g/mol. The zero-order chi connectivity index (χ0) is 18.9. The van der Waals surface area contributed by atoms with Crippen molar-refractivity contribution in [1.29, 1.82) is 0 Å². The van der Waals surface area contributed by atoms with Gasteiger partial charge < -0.3 is 20.1 Å². The van der Waals surface area contributed by atoms with Crippen LogP contribution >= 0.6 is 0 Å². The zero-order valence-electron chi connectivity index (χ0n) is 15.1. The first-order chi connectivity index (χ1) is 13.2. The van der Waals surface area contributed by atoms with E-state index in [4.69, 9.17) is 9.47 Å². The van der Waals surface area contributed by atoms with Crippen molar-refractivity contribution in [3.8, 4) is 17.2 Å². The molecule has 0 radical (unpaired) electrons. The van der Waals surface area contributed by atoms with Gasteiger partial charge in [0.25, 0.3) is 0 Å². The van der Waals surface area contributed by atoms with Crippen LogP contribution < -0.4 is 20.1 Å². The number of anilines is 1. The molecule has 0 spiro atoms. The van der Waals surface area contributed by atoms with Crippen LogP contribution in [-0.2, 0) is 0 Å². The van der Waals surface area contributed by atoms with Crippen LogP contribution in [0.1, 0.15) is 5.56 Å². The van der Waals surface area contributed by atoms with Crippen molar-refractivity contribution in [1.82, 2.24) is 5.32 Å². The van der Waals surface area contributed by atoms with E-state index in [1.54, 1.807) is 6.07 Å². The number of para-hydroxylation sites is 3. The van der Waals surface area contributed by atoms with Crippen molar-refractivity contribution in [2.75, 3.05) is 18.5 Å². The fourth-order valence-electron chi connectivity index (χ4n) is 2.48. The lowest BCUT2D eigenvalue weighted by Crippen LogP contribution is -2.32. The van der Waals surface area contributed by atoms with Gasteiger partial charge in [0, 0.05) is 0 Å². The van der Waals surface area contributed by atoms with E-state index in [-0.39, 0.29) is 6.03 Å². The van der Waals surface area contributed by atoms with E-state index in [1.165, 1.54) is 0 Å². The lowest BCUT2D eigenvalue weighted by atomic mass is 10.2. The normalized spacial score (nSPS) is 10.1. The number of carbonyl (C=O) groups excluding carboxylic acids is 1. The molecule has 0 unspecified atom stereocenters. The molecule has 2 N–H and O–H groups in total. The fourth-order valence-corrected chi connectivity index (χ4v) is 2.48. The lowest BCUT2D eigenvalue weighted by Gasteiger charge is -2.13. The first kappa shape index (κ1) is 18.3. The van der Waals surface area contributed by atoms with Crippen LogP contribution in [0.3, 0.4) is 0 Å². The maximum Gasteiger partial charge on any atom is 0.319 e. The quantitative estimate of drug-likeness (QED) is 0.582. The van der Waals surface area contributed by atoms with Crippen molar-refractivity contribution in [3.05, 3.63) is 84.4 Å². The number of hydrogen-bond donors (Lipinski definition) is 2. The molecule has 3 rings (SSSR count). The summed E-state index contributed by atoms with van der Waals surface area (Å²) < 4.78 is 11.5. The Morgan fingerprint density at radius 2 is 1.63 bits per heavy atom. The maximum atomic E-state index is 12.1. The second kappa shape index (κ2) is 9.29. The van der Waals surface area contributed by atoms with Gasteiger partial charge in [0.2, 0.25) is 0 Å². The average molecular weight is 362 g/mol. The molecule has 5 heteroatoms. The lowest BCUT2D eigenvalue weighted by molar-refractivity contribution is 0.247. The van der Waals surface area contributed by atoms with E-state index in [9.17, 15) is 4.79 Å². The number of amides is 2. The molecular weight excluding hydrogens is 340 g/mol. The third-order valence-electron chi connectivity index (χ3n) is 3.75. The highest BCUT2D eigenvalue weighted by atomic mass is 16.5. The molecule has 27 heavy (non-hydrogen) atoms. The fraction of sp³-hybridized carbons (Fsp3) is 0.136. The van der Waals surface area contributed by atoms with E-state index >= 15 is 0 Å². The Morgan fingerprint density at radius 1 is 0.889 bits per heavy atom. The minimum absolute atomic E-state index is 0.313. The number of ether oxygens (including phenoxy) is 2. The molecule has 0 aliphatic heterocycles. The summed E-state index contributed by atoms with van der Waals surface area (Å²) in [6.07, 6.45) is 0. The Morgan fingerprint density at radius 3 is 2.44 bits per heavy atom. The van der Waals surface area contributed by atoms with E-state index in [0.29, 0.717) is 30.3 Å². The van der Waals surface area contributed by atoms with Crippen molar-refractivity contribution in [3.63, 3.8) is 0 Å². The van der Waals surface area contributed by atoms with E-state index in [2.05, 4.69) is 10.6 Å². The Kier molecular flexibility index (Phi) is 6.30. The summed E-state index contributed by atoms with van der Waals surface area (Å²) in [6, 6.07) is 24.2. The molecule has 5 nitrogen and oxygen atoms in total. The van der Waals surface area contributed by atoms with Crippen LogP contribution in [0.5, 0.6) is 17.2 Å². The van der Waals surface area contributed by atoms with Gasteiger partial charge in [-0.2, -0.15) is 0 Å². The van der Waals surface area contributed by atoms with E-state index < -0.39 is 0 Å². The number of rotatable bonds is 7. The summed E-state index contributed by atoms with van der Waals surface area (Å²) in [4.78, 5) is 12.1. The van der Waals surface area contributed by atoms with Crippen molar-refractivity contribution >= 4 is 11.7 Å². The van der Waals surface area contributed by atoms with Crippen LogP contribution in [0.2, 0.25) is 0 Å². The van der Waals surface area contributed by atoms with Crippen LogP contribution in [-0.4, -0.2) is 19.2 Å². The van der Waals surface area contributed by atoms with Gasteiger partial charge in [0.15, 0.2) is 5.75 Å². The number of urea groups is 1. The van der Waals surface area contributed by atoms with Gasteiger partial charge in [-0.1, -0.05) is 42.5 Å². The largest absolute Gasteiger partial charge is 0.492 e. The highest BCUT2D eigenvalue weighted by Gasteiger charge is 2.08. The third-order valence-corrected chi connectivity index (χ3v) is 3.75. The molecule has 0 saturated heterocycles. The molecule has 0 heterocycles. The Bertz CT molecular complexity index is 881. The van der Waals surface area contributed by atoms with Crippen molar-refractivity contribution in [2.24, 2.45) is 0 Å². The molecule has 0 aromatic heterocycles. The van der Waals surface area contributed by atoms with Gasteiger partial charge in [0.1, 0.15) is 18.1 Å². The number of carbonyl (C=O) groups is 1. The third kappa shape index (κ3) is 5.78. The standard InChI is InChI=1S/C22H22N2O3/c1-17-8-7-11-19(16-17)26-15-14-23-22(25)24-20-12-5-6-13-21(20)27-18-9-3-2-4-10-18/h2-13,16H,14-15H2,1H3,(H2,23,24,25). The molecule has 3 aromatic carbocycles. The molecule has 0 aliphatic rings. The zero-order valence-corrected chi connectivity index (χ0v) is 15.1. The minimum Gasteiger partial charge on any atom is -0.492 e. The van der Waals surface area contributed by atoms with E-state index in [1.807, 2.05) is 79.7 Å². The molecule has 0 aliphatic carbocycles. The summed E-state index contributed by atoms with van der Waals surface area (Å²) in [5.74, 6) is 2.08. The molecule has 2 amide bonds. The van der Waals surface area contributed by atoms with Gasteiger partial charge in [-0.15, -0.1) is 0 Å². The minimum atomic E-state index is -0.313. The van der Waals surface area contributed by atoms with Crippen molar-refractivity contribution < 1.29 is 14.3 Å². The van der Waals surface area contributed by atoms with Crippen LogP contribution in [0.4, 0.5) is 10.5 Å². The Labute approximate surface area is 158 Å². The van der Waals surface area contributed by atoms with Crippen LogP contribution in [0, 0.1) is 6.92 Å². The Balaban J connectivity index is 1.49. The summed E-state index contributed by atoms with van der Waals surface area (Å²) in [6.45, 7) is 2.79. The maximum absolute atomic E-state index is 12.1. The molecular formula is C22H22N2O3. The number of benzene rings is 3. The molecule has 0 bridgehead atoms. The summed E-state index contributed by atoms with van der Waals surface area (Å²) in [5.41, 5.74) is 1.73. The summed E-state index contributed by atoms with van der Waals surface area (Å²) in [5, 5.41) is 5.58. The van der Waals surface area contributed by atoms with E-state index in [0.717, 1.165) is 11.3 Å². The molecule has 3 aromatic rings. The highest BCUT2D eigenvalue weighted by Crippen LogP contribution is 2.28. The molecule has 0 saturated carbocycles. The number of hydrogen-bond acceptors (Lipinski definition) is 3.